The first-order valence-electron chi connectivity index (χ1n) is 5.90. The van der Waals surface area contributed by atoms with Crippen LogP contribution in [0.3, 0.4) is 0 Å². The fraction of sp³-hybridized carbons (Fsp3) is 0.417. The van der Waals surface area contributed by atoms with Crippen LogP contribution in [0.1, 0.15) is 10.5 Å². The number of amides is 1. The van der Waals surface area contributed by atoms with E-state index in [1.165, 1.54) is 18.4 Å². The van der Waals surface area contributed by atoms with Crippen LogP contribution in [0.25, 0.3) is 0 Å². The molecule has 0 aliphatic rings. The van der Waals surface area contributed by atoms with E-state index in [1.807, 2.05) is 0 Å². The van der Waals surface area contributed by atoms with Gasteiger partial charge in [0, 0.05) is 25.6 Å². The molecule has 1 heterocycles. The standard InChI is InChI=1S/C12H17N3O4S/c1-3-4-14-12-15-9(8-20-12)11(17)19-7-10(16)13-5-6-18-2/h3,8H,1,4-7H2,2H3,(H,13,16)(H,14,15). The van der Waals surface area contributed by atoms with E-state index in [0.717, 1.165) is 0 Å². The van der Waals surface area contributed by atoms with Crippen molar-refractivity contribution >= 4 is 28.3 Å². The first-order valence-corrected chi connectivity index (χ1v) is 6.78. The van der Waals surface area contributed by atoms with E-state index in [1.54, 1.807) is 11.5 Å². The molecule has 1 aromatic heterocycles. The zero-order valence-electron chi connectivity index (χ0n) is 11.2. The van der Waals surface area contributed by atoms with E-state index >= 15 is 0 Å². The maximum Gasteiger partial charge on any atom is 0.358 e. The molecule has 0 atom stereocenters. The molecular weight excluding hydrogens is 282 g/mol. The zero-order chi connectivity index (χ0) is 14.8. The van der Waals surface area contributed by atoms with E-state index in [4.69, 9.17) is 9.47 Å². The number of aromatic nitrogens is 1. The first-order chi connectivity index (χ1) is 9.67. The molecule has 2 N–H and O–H groups in total. The van der Waals surface area contributed by atoms with Crippen molar-refractivity contribution in [1.29, 1.82) is 0 Å². The fourth-order valence-corrected chi connectivity index (χ4v) is 1.85. The molecule has 1 rings (SSSR count). The smallest absolute Gasteiger partial charge is 0.358 e. The minimum absolute atomic E-state index is 0.172. The Morgan fingerprint density at radius 3 is 3.05 bits per heavy atom. The molecule has 0 spiro atoms. The number of esters is 1. The third-order valence-corrected chi connectivity index (χ3v) is 2.87. The monoisotopic (exact) mass is 299 g/mol. The average Bonchev–Trinajstić information content (AvgIpc) is 2.91. The van der Waals surface area contributed by atoms with Gasteiger partial charge in [-0.1, -0.05) is 6.08 Å². The number of ether oxygens (including phenoxy) is 2. The van der Waals surface area contributed by atoms with Crippen LogP contribution in [0.4, 0.5) is 5.13 Å². The molecule has 0 radical (unpaired) electrons. The molecule has 0 saturated heterocycles. The van der Waals surface area contributed by atoms with Gasteiger partial charge in [-0.05, 0) is 0 Å². The second-order valence-electron chi connectivity index (χ2n) is 3.63. The molecule has 110 valence electrons. The number of anilines is 1. The molecule has 0 unspecified atom stereocenters. The van der Waals surface area contributed by atoms with Crippen LogP contribution < -0.4 is 10.6 Å². The molecule has 0 bridgehead atoms. The summed E-state index contributed by atoms with van der Waals surface area (Å²) in [6.45, 7) is 4.57. The number of hydrogen-bond donors (Lipinski definition) is 2. The van der Waals surface area contributed by atoms with Gasteiger partial charge >= 0.3 is 5.97 Å². The number of carbonyl (C=O) groups excluding carboxylic acids is 2. The van der Waals surface area contributed by atoms with Crippen molar-refractivity contribution in [3.63, 3.8) is 0 Å². The van der Waals surface area contributed by atoms with Crippen LogP contribution in [-0.4, -0.2) is 50.3 Å². The highest BCUT2D eigenvalue weighted by Crippen LogP contribution is 2.15. The highest BCUT2D eigenvalue weighted by atomic mass is 32.1. The average molecular weight is 299 g/mol. The van der Waals surface area contributed by atoms with Crippen molar-refractivity contribution in [2.45, 2.75) is 0 Å². The summed E-state index contributed by atoms with van der Waals surface area (Å²) >= 11 is 1.28. The van der Waals surface area contributed by atoms with Crippen LogP contribution in [0.5, 0.6) is 0 Å². The summed E-state index contributed by atoms with van der Waals surface area (Å²) in [6.07, 6.45) is 1.68. The fourth-order valence-electron chi connectivity index (χ4n) is 1.16. The van der Waals surface area contributed by atoms with Crippen molar-refractivity contribution in [1.82, 2.24) is 10.3 Å². The Hall–Kier alpha value is -1.93. The summed E-state index contributed by atoms with van der Waals surface area (Å²) in [5.74, 6) is -1.01. The molecule has 0 aliphatic heterocycles. The minimum Gasteiger partial charge on any atom is -0.451 e. The molecule has 1 aromatic rings. The number of carbonyl (C=O) groups is 2. The lowest BCUT2D eigenvalue weighted by Gasteiger charge is -2.04. The lowest BCUT2D eigenvalue weighted by Crippen LogP contribution is -2.31. The Morgan fingerprint density at radius 1 is 1.55 bits per heavy atom. The van der Waals surface area contributed by atoms with Gasteiger partial charge in [0.05, 0.1) is 6.61 Å². The van der Waals surface area contributed by atoms with E-state index in [2.05, 4.69) is 22.2 Å². The second-order valence-corrected chi connectivity index (χ2v) is 4.48. The van der Waals surface area contributed by atoms with Gasteiger partial charge in [0.1, 0.15) is 0 Å². The highest BCUT2D eigenvalue weighted by Gasteiger charge is 2.13. The quantitative estimate of drug-likeness (QED) is 0.395. The number of nitrogens with one attached hydrogen (secondary N) is 2. The molecule has 7 nitrogen and oxygen atoms in total. The van der Waals surface area contributed by atoms with Crippen LogP contribution in [0.15, 0.2) is 18.0 Å². The van der Waals surface area contributed by atoms with Crippen molar-refractivity contribution in [3.8, 4) is 0 Å². The van der Waals surface area contributed by atoms with Gasteiger partial charge < -0.3 is 20.1 Å². The SMILES string of the molecule is C=CCNc1nc(C(=O)OCC(=O)NCCOC)cs1. The van der Waals surface area contributed by atoms with Gasteiger partial charge in [-0.3, -0.25) is 4.79 Å². The highest BCUT2D eigenvalue weighted by molar-refractivity contribution is 7.13. The van der Waals surface area contributed by atoms with Crippen molar-refractivity contribution in [2.75, 3.05) is 38.7 Å². The normalized spacial score (nSPS) is 9.85. The third-order valence-electron chi connectivity index (χ3n) is 2.07. The number of nitrogens with zero attached hydrogens (tertiary/aromatic N) is 1. The molecule has 0 aliphatic carbocycles. The molecule has 0 fully saturated rings. The largest absolute Gasteiger partial charge is 0.451 e. The molecule has 1 amide bonds. The number of thiazole rings is 1. The number of methoxy groups -OCH3 is 1. The van der Waals surface area contributed by atoms with Gasteiger partial charge in [0.15, 0.2) is 17.4 Å². The predicted molar refractivity (Wildman–Crippen MR) is 76.0 cm³/mol. The van der Waals surface area contributed by atoms with Gasteiger partial charge in [0.2, 0.25) is 0 Å². The van der Waals surface area contributed by atoms with Gasteiger partial charge in [-0.25, -0.2) is 9.78 Å². The van der Waals surface area contributed by atoms with Crippen molar-refractivity contribution in [2.24, 2.45) is 0 Å². The lowest BCUT2D eigenvalue weighted by molar-refractivity contribution is -0.124. The molecule has 20 heavy (non-hydrogen) atoms. The third kappa shape index (κ3) is 5.81. The molecule has 0 saturated carbocycles. The van der Waals surface area contributed by atoms with E-state index in [9.17, 15) is 9.59 Å². The summed E-state index contributed by atoms with van der Waals surface area (Å²) in [4.78, 5) is 27.0. The maximum absolute atomic E-state index is 11.6. The van der Waals surface area contributed by atoms with Crippen LogP contribution in [-0.2, 0) is 14.3 Å². The van der Waals surface area contributed by atoms with Gasteiger partial charge in [-0.15, -0.1) is 17.9 Å². The topological polar surface area (TPSA) is 89.5 Å². The zero-order valence-corrected chi connectivity index (χ0v) is 12.0. The first kappa shape index (κ1) is 16.1. The minimum atomic E-state index is -0.630. The van der Waals surface area contributed by atoms with Crippen LogP contribution in [0.2, 0.25) is 0 Å². The van der Waals surface area contributed by atoms with E-state index in [0.29, 0.717) is 24.8 Å². The summed E-state index contributed by atoms with van der Waals surface area (Å²) in [5.41, 5.74) is 0.172. The maximum atomic E-state index is 11.6. The van der Waals surface area contributed by atoms with E-state index in [-0.39, 0.29) is 18.2 Å². The summed E-state index contributed by atoms with van der Waals surface area (Å²) in [7, 11) is 1.53. The van der Waals surface area contributed by atoms with Gasteiger partial charge in [0.25, 0.3) is 5.91 Å². The van der Waals surface area contributed by atoms with Crippen LogP contribution >= 0.6 is 11.3 Å². The Balaban J connectivity index is 2.33. The van der Waals surface area contributed by atoms with Crippen molar-refractivity contribution in [3.05, 3.63) is 23.7 Å². The second kappa shape index (κ2) is 9.05. The Labute approximate surface area is 121 Å². The van der Waals surface area contributed by atoms with Gasteiger partial charge in [-0.2, -0.15) is 0 Å². The lowest BCUT2D eigenvalue weighted by atomic mass is 10.5. The Morgan fingerprint density at radius 2 is 2.35 bits per heavy atom. The van der Waals surface area contributed by atoms with E-state index < -0.39 is 5.97 Å². The number of hydrogen-bond acceptors (Lipinski definition) is 7. The Bertz CT molecular complexity index is 461. The molecule has 8 heteroatoms. The predicted octanol–water partition coefficient (Wildman–Crippen LogP) is 0.660. The number of rotatable bonds is 9. The van der Waals surface area contributed by atoms with Crippen LogP contribution in [0, 0.1) is 0 Å². The summed E-state index contributed by atoms with van der Waals surface area (Å²) in [5, 5.41) is 7.66. The molecular formula is C12H17N3O4S. The van der Waals surface area contributed by atoms with Crippen molar-refractivity contribution < 1.29 is 19.1 Å². The summed E-state index contributed by atoms with van der Waals surface area (Å²) in [6, 6.07) is 0. The Kier molecular flexibility index (Phi) is 7.30. The molecule has 0 aromatic carbocycles. The summed E-state index contributed by atoms with van der Waals surface area (Å²) < 4.78 is 9.62.